The third kappa shape index (κ3) is 2.94. The first-order valence-electron chi connectivity index (χ1n) is 5.51. The summed E-state index contributed by atoms with van der Waals surface area (Å²) < 4.78 is 15.4. The number of rotatable bonds is 3. The summed E-state index contributed by atoms with van der Waals surface area (Å²) in [6.07, 6.45) is 3.58. The van der Waals surface area contributed by atoms with Gasteiger partial charge in [-0.05, 0) is 38.7 Å². The van der Waals surface area contributed by atoms with Gasteiger partial charge in [-0.3, -0.25) is 0 Å². The first-order chi connectivity index (χ1) is 8.08. The van der Waals surface area contributed by atoms with Crippen molar-refractivity contribution in [3.63, 3.8) is 0 Å². The van der Waals surface area contributed by atoms with Crippen molar-refractivity contribution in [2.75, 3.05) is 14.1 Å². The van der Waals surface area contributed by atoms with E-state index in [1.165, 1.54) is 6.07 Å². The van der Waals surface area contributed by atoms with Gasteiger partial charge in [0.05, 0.1) is 6.54 Å². The Morgan fingerprint density at radius 2 is 2.06 bits per heavy atom. The Hall–Kier alpha value is -1.72. The zero-order chi connectivity index (χ0) is 12.4. The molecule has 4 nitrogen and oxygen atoms in total. The monoisotopic (exact) mass is 251 g/mol. The van der Waals surface area contributed by atoms with Crippen LogP contribution in [0.5, 0.6) is 0 Å². The minimum atomic E-state index is -0.188. The van der Waals surface area contributed by atoms with E-state index in [1.807, 2.05) is 35.8 Å². The summed E-state index contributed by atoms with van der Waals surface area (Å²) in [7, 11) is 3.96. The molecule has 5 heteroatoms. The van der Waals surface area contributed by atoms with Crippen LogP contribution in [0, 0.1) is 12.7 Å². The van der Waals surface area contributed by atoms with Gasteiger partial charge in [0.2, 0.25) is 0 Å². The molecule has 1 heterocycles. The third-order valence-corrected chi connectivity index (χ3v) is 2.61. The molecule has 0 saturated carbocycles. The SMILES string of the molecule is Cc1ccc(-n2ccnc2CN(C)C)cc1F.O. The fourth-order valence-corrected chi connectivity index (χ4v) is 1.70. The normalized spacial score (nSPS) is 10.5. The molecule has 18 heavy (non-hydrogen) atoms. The lowest BCUT2D eigenvalue weighted by atomic mass is 10.2. The third-order valence-electron chi connectivity index (χ3n) is 2.61. The molecule has 0 radical (unpaired) electrons. The summed E-state index contributed by atoms with van der Waals surface area (Å²) in [6.45, 7) is 2.48. The molecule has 0 spiro atoms. The maximum absolute atomic E-state index is 13.5. The van der Waals surface area contributed by atoms with E-state index in [0.29, 0.717) is 5.56 Å². The van der Waals surface area contributed by atoms with Crippen LogP contribution in [0.15, 0.2) is 30.6 Å². The van der Waals surface area contributed by atoms with E-state index in [1.54, 1.807) is 19.2 Å². The quantitative estimate of drug-likeness (QED) is 0.831. The fraction of sp³-hybridized carbons (Fsp3) is 0.308. The summed E-state index contributed by atoms with van der Waals surface area (Å²) in [5, 5.41) is 0. The topological polar surface area (TPSA) is 52.6 Å². The summed E-state index contributed by atoms with van der Waals surface area (Å²) in [5.41, 5.74) is 1.46. The zero-order valence-corrected chi connectivity index (χ0v) is 10.8. The Kier molecular flexibility index (Phi) is 4.58. The molecule has 2 N–H and O–H groups in total. The lowest BCUT2D eigenvalue weighted by molar-refractivity contribution is 0.388. The highest BCUT2D eigenvalue weighted by Gasteiger charge is 2.07. The highest BCUT2D eigenvalue weighted by Crippen LogP contribution is 2.15. The van der Waals surface area contributed by atoms with Crippen molar-refractivity contribution in [3.05, 3.63) is 47.8 Å². The molecular weight excluding hydrogens is 233 g/mol. The van der Waals surface area contributed by atoms with E-state index in [9.17, 15) is 4.39 Å². The largest absolute Gasteiger partial charge is 0.412 e. The average molecular weight is 251 g/mol. The van der Waals surface area contributed by atoms with E-state index in [0.717, 1.165) is 18.1 Å². The molecule has 0 aliphatic rings. The van der Waals surface area contributed by atoms with Gasteiger partial charge in [-0.25, -0.2) is 9.37 Å². The molecule has 0 saturated heterocycles. The van der Waals surface area contributed by atoms with E-state index < -0.39 is 0 Å². The van der Waals surface area contributed by atoms with E-state index >= 15 is 0 Å². The van der Waals surface area contributed by atoms with E-state index in [2.05, 4.69) is 4.98 Å². The van der Waals surface area contributed by atoms with Gasteiger partial charge in [0.25, 0.3) is 0 Å². The van der Waals surface area contributed by atoms with Gasteiger partial charge in [-0.1, -0.05) is 6.07 Å². The summed E-state index contributed by atoms with van der Waals surface area (Å²) in [4.78, 5) is 6.31. The van der Waals surface area contributed by atoms with Crippen LogP contribution < -0.4 is 0 Å². The summed E-state index contributed by atoms with van der Waals surface area (Å²) >= 11 is 0. The Bertz CT molecular complexity index is 523. The average Bonchev–Trinajstić information content (AvgIpc) is 2.69. The molecule has 1 aromatic heterocycles. The molecule has 98 valence electrons. The second-order valence-electron chi connectivity index (χ2n) is 4.38. The van der Waals surface area contributed by atoms with Gasteiger partial charge < -0.3 is 14.9 Å². The van der Waals surface area contributed by atoms with Crippen molar-refractivity contribution in [3.8, 4) is 5.69 Å². The van der Waals surface area contributed by atoms with Crippen molar-refractivity contribution >= 4 is 0 Å². The first kappa shape index (κ1) is 14.3. The lowest BCUT2D eigenvalue weighted by Crippen LogP contribution is -2.14. The number of aryl methyl sites for hydroxylation is 1. The predicted octanol–water partition coefficient (Wildman–Crippen LogP) is 1.56. The molecule has 0 atom stereocenters. The van der Waals surface area contributed by atoms with Gasteiger partial charge in [-0.2, -0.15) is 0 Å². The van der Waals surface area contributed by atoms with Crippen LogP contribution in [-0.4, -0.2) is 34.0 Å². The predicted molar refractivity (Wildman–Crippen MR) is 69.3 cm³/mol. The zero-order valence-electron chi connectivity index (χ0n) is 10.8. The van der Waals surface area contributed by atoms with Crippen LogP contribution in [-0.2, 0) is 6.54 Å². The molecule has 2 aromatic rings. The van der Waals surface area contributed by atoms with Crippen molar-refractivity contribution in [1.29, 1.82) is 0 Å². The second kappa shape index (κ2) is 5.75. The number of hydrogen-bond acceptors (Lipinski definition) is 2. The Morgan fingerprint density at radius 1 is 1.33 bits per heavy atom. The van der Waals surface area contributed by atoms with Gasteiger partial charge in [-0.15, -0.1) is 0 Å². The minimum Gasteiger partial charge on any atom is -0.412 e. The van der Waals surface area contributed by atoms with Gasteiger partial charge in [0.15, 0.2) is 0 Å². The number of aromatic nitrogens is 2. The molecule has 0 aliphatic carbocycles. The van der Waals surface area contributed by atoms with E-state index in [4.69, 9.17) is 0 Å². The van der Waals surface area contributed by atoms with Crippen molar-refractivity contribution in [1.82, 2.24) is 14.5 Å². The number of halogens is 1. The van der Waals surface area contributed by atoms with Crippen LogP contribution in [0.4, 0.5) is 4.39 Å². The summed E-state index contributed by atoms with van der Waals surface area (Å²) in [5.74, 6) is 0.713. The van der Waals surface area contributed by atoms with Crippen LogP contribution in [0.2, 0.25) is 0 Å². The minimum absolute atomic E-state index is 0. The molecule has 0 unspecified atom stereocenters. The van der Waals surface area contributed by atoms with Gasteiger partial charge >= 0.3 is 0 Å². The molecule has 0 bridgehead atoms. The number of hydrogen-bond donors (Lipinski definition) is 0. The summed E-state index contributed by atoms with van der Waals surface area (Å²) in [6, 6.07) is 5.22. The highest BCUT2D eigenvalue weighted by atomic mass is 19.1. The Morgan fingerprint density at radius 3 is 2.67 bits per heavy atom. The lowest BCUT2D eigenvalue weighted by Gasteiger charge is -2.12. The molecule has 1 aromatic carbocycles. The van der Waals surface area contributed by atoms with Crippen LogP contribution in [0.25, 0.3) is 5.69 Å². The van der Waals surface area contributed by atoms with Gasteiger partial charge in [0.1, 0.15) is 11.6 Å². The fourth-order valence-electron chi connectivity index (χ4n) is 1.70. The number of imidazole rings is 1. The second-order valence-corrected chi connectivity index (χ2v) is 4.38. The van der Waals surface area contributed by atoms with Crippen molar-refractivity contribution in [2.45, 2.75) is 13.5 Å². The Balaban J connectivity index is 0.00000162. The first-order valence-corrected chi connectivity index (χ1v) is 5.51. The molecule has 0 aliphatic heterocycles. The smallest absolute Gasteiger partial charge is 0.128 e. The highest BCUT2D eigenvalue weighted by molar-refractivity contribution is 5.36. The van der Waals surface area contributed by atoms with Crippen LogP contribution in [0.1, 0.15) is 11.4 Å². The number of benzene rings is 1. The Labute approximate surface area is 106 Å². The molecular formula is C13H18FN3O. The van der Waals surface area contributed by atoms with Crippen LogP contribution in [0.3, 0.4) is 0 Å². The molecule has 2 rings (SSSR count). The number of nitrogens with zero attached hydrogens (tertiary/aromatic N) is 3. The maximum atomic E-state index is 13.5. The van der Waals surface area contributed by atoms with E-state index in [-0.39, 0.29) is 11.3 Å². The maximum Gasteiger partial charge on any atom is 0.128 e. The standard InChI is InChI=1S/C13H16FN3.H2O/c1-10-4-5-11(8-12(10)14)17-7-6-15-13(17)9-16(2)3;/h4-8H,9H2,1-3H3;1H2. The molecule has 0 fully saturated rings. The van der Waals surface area contributed by atoms with Crippen LogP contribution >= 0.6 is 0 Å². The van der Waals surface area contributed by atoms with Crippen molar-refractivity contribution < 1.29 is 9.87 Å². The van der Waals surface area contributed by atoms with Crippen molar-refractivity contribution in [2.24, 2.45) is 0 Å². The van der Waals surface area contributed by atoms with Gasteiger partial charge in [0, 0.05) is 18.1 Å². The molecule has 0 amide bonds.